The molecule has 2 aromatic rings. The maximum atomic E-state index is 11.2. The number of carbonyl (C=O) groups is 1. The van der Waals surface area contributed by atoms with Gasteiger partial charge in [0.25, 0.3) is 0 Å². The van der Waals surface area contributed by atoms with Gasteiger partial charge in [-0.2, -0.15) is 0 Å². The number of rotatable bonds is 2. The third kappa shape index (κ3) is 1.32. The standard InChI is InChI=1S/C13H13NO2/c1-8-2-3-9-7-12(13(15)16)14(10-4-5-10)11(9)6-8/h2-3,6-7,10H,4-5H2,1H3,(H,15,16). The Morgan fingerprint density at radius 3 is 2.75 bits per heavy atom. The maximum absolute atomic E-state index is 11.2. The molecule has 0 saturated heterocycles. The number of nitrogens with zero attached hydrogens (tertiary/aromatic N) is 1. The molecule has 3 heteroatoms. The summed E-state index contributed by atoms with van der Waals surface area (Å²) in [6.07, 6.45) is 2.19. The van der Waals surface area contributed by atoms with Crippen LogP contribution in [0.2, 0.25) is 0 Å². The molecule has 82 valence electrons. The minimum atomic E-state index is -0.833. The van der Waals surface area contributed by atoms with E-state index in [0.717, 1.165) is 23.7 Å². The van der Waals surface area contributed by atoms with Crippen molar-refractivity contribution in [2.24, 2.45) is 0 Å². The van der Waals surface area contributed by atoms with Crippen LogP contribution in [0.4, 0.5) is 0 Å². The number of aryl methyl sites for hydroxylation is 1. The number of aromatic nitrogens is 1. The normalized spacial score (nSPS) is 15.6. The van der Waals surface area contributed by atoms with Crippen molar-refractivity contribution in [3.63, 3.8) is 0 Å². The molecule has 1 aromatic heterocycles. The van der Waals surface area contributed by atoms with E-state index in [-0.39, 0.29) is 0 Å². The fourth-order valence-electron chi connectivity index (χ4n) is 2.22. The van der Waals surface area contributed by atoms with Crippen LogP contribution in [0.15, 0.2) is 24.3 Å². The summed E-state index contributed by atoms with van der Waals surface area (Å²) < 4.78 is 1.98. The zero-order valence-electron chi connectivity index (χ0n) is 9.10. The molecule has 1 aromatic carbocycles. The van der Waals surface area contributed by atoms with Crippen LogP contribution in [-0.4, -0.2) is 15.6 Å². The molecule has 0 unspecified atom stereocenters. The Kier molecular flexibility index (Phi) is 1.84. The summed E-state index contributed by atoms with van der Waals surface area (Å²) in [5.41, 5.74) is 2.65. The largest absolute Gasteiger partial charge is 0.477 e. The van der Waals surface area contributed by atoms with Gasteiger partial charge in [-0.25, -0.2) is 4.79 Å². The van der Waals surface area contributed by atoms with Crippen molar-refractivity contribution in [3.05, 3.63) is 35.5 Å². The van der Waals surface area contributed by atoms with Gasteiger partial charge in [0.1, 0.15) is 5.69 Å². The third-order valence-electron chi connectivity index (χ3n) is 3.13. The SMILES string of the molecule is Cc1ccc2cc(C(=O)O)n(C3CC3)c2c1. The average Bonchev–Trinajstić information content (AvgIpc) is 2.99. The molecular weight excluding hydrogens is 202 g/mol. The first-order valence-corrected chi connectivity index (χ1v) is 5.52. The summed E-state index contributed by atoms with van der Waals surface area (Å²) in [7, 11) is 0. The highest BCUT2D eigenvalue weighted by molar-refractivity contribution is 5.95. The molecule has 1 N–H and O–H groups in total. The van der Waals surface area contributed by atoms with Crippen LogP contribution >= 0.6 is 0 Å². The van der Waals surface area contributed by atoms with E-state index in [4.69, 9.17) is 0 Å². The lowest BCUT2D eigenvalue weighted by atomic mass is 10.2. The lowest BCUT2D eigenvalue weighted by molar-refractivity contribution is 0.0685. The molecule has 1 aliphatic carbocycles. The van der Waals surface area contributed by atoms with Crippen molar-refractivity contribution in [1.82, 2.24) is 4.57 Å². The molecule has 0 radical (unpaired) electrons. The highest BCUT2D eigenvalue weighted by atomic mass is 16.4. The molecule has 1 aliphatic rings. The second kappa shape index (κ2) is 3.11. The van der Waals surface area contributed by atoms with Crippen LogP contribution in [0.5, 0.6) is 0 Å². The topological polar surface area (TPSA) is 42.2 Å². The Morgan fingerprint density at radius 2 is 2.12 bits per heavy atom. The number of benzene rings is 1. The smallest absolute Gasteiger partial charge is 0.352 e. The minimum absolute atomic E-state index is 0.394. The van der Waals surface area contributed by atoms with Gasteiger partial charge >= 0.3 is 5.97 Å². The van der Waals surface area contributed by atoms with E-state index >= 15 is 0 Å². The number of aromatic carboxylic acids is 1. The van der Waals surface area contributed by atoms with Crippen molar-refractivity contribution in [1.29, 1.82) is 0 Å². The van der Waals surface area contributed by atoms with Crippen LogP contribution in [-0.2, 0) is 0 Å². The maximum Gasteiger partial charge on any atom is 0.352 e. The van der Waals surface area contributed by atoms with Crippen LogP contribution in [0, 0.1) is 6.92 Å². The van der Waals surface area contributed by atoms with Gasteiger partial charge in [-0.1, -0.05) is 12.1 Å². The Bertz CT molecular complexity index is 579. The molecule has 0 amide bonds. The highest BCUT2D eigenvalue weighted by Crippen LogP contribution is 2.39. The van der Waals surface area contributed by atoms with Gasteiger partial charge in [-0.05, 0) is 37.5 Å². The molecule has 1 fully saturated rings. The van der Waals surface area contributed by atoms with Crippen LogP contribution in [0.25, 0.3) is 10.9 Å². The summed E-state index contributed by atoms with van der Waals surface area (Å²) >= 11 is 0. The lowest BCUT2D eigenvalue weighted by Gasteiger charge is -2.06. The second-order valence-corrected chi connectivity index (χ2v) is 4.50. The molecule has 16 heavy (non-hydrogen) atoms. The summed E-state index contributed by atoms with van der Waals surface area (Å²) in [4.78, 5) is 11.2. The van der Waals surface area contributed by atoms with Gasteiger partial charge in [0, 0.05) is 16.9 Å². The van der Waals surface area contributed by atoms with Crippen molar-refractivity contribution < 1.29 is 9.90 Å². The summed E-state index contributed by atoms with van der Waals surface area (Å²) in [5.74, 6) is -0.833. The van der Waals surface area contributed by atoms with E-state index in [9.17, 15) is 9.90 Å². The van der Waals surface area contributed by atoms with Crippen LogP contribution < -0.4 is 0 Å². The Balaban J connectivity index is 2.33. The molecule has 1 heterocycles. The molecule has 0 aliphatic heterocycles. The predicted octanol–water partition coefficient (Wildman–Crippen LogP) is 2.98. The van der Waals surface area contributed by atoms with Crippen LogP contribution in [0.1, 0.15) is 34.9 Å². The summed E-state index contributed by atoms with van der Waals surface area (Å²) in [6.45, 7) is 2.03. The lowest BCUT2D eigenvalue weighted by Crippen LogP contribution is -2.06. The zero-order chi connectivity index (χ0) is 11.3. The van der Waals surface area contributed by atoms with Crippen molar-refractivity contribution in [2.45, 2.75) is 25.8 Å². The first kappa shape index (κ1) is 9.46. The number of fused-ring (bicyclic) bond motifs is 1. The van der Waals surface area contributed by atoms with Gasteiger partial charge < -0.3 is 9.67 Å². The quantitative estimate of drug-likeness (QED) is 0.836. The molecule has 3 rings (SSSR count). The van der Waals surface area contributed by atoms with Gasteiger partial charge in [-0.15, -0.1) is 0 Å². The van der Waals surface area contributed by atoms with E-state index < -0.39 is 5.97 Å². The molecule has 3 nitrogen and oxygen atoms in total. The second-order valence-electron chi connectivity index (χ2n) is 4.50. The van der Waals surface area contributed by atoms with Crippen molar-refractivity contribution >= 4 is 16.9 Å². The highest BCUT2D eigenvalue weighted by Gasteiger charge is 2.29. The number of carboxylic acids is 1. The number of hydrogen-bond donors (Lipinski definition) is 1. The first-order valence-electron chi connectivity index (χ1n) is 5.52. The summed E-state index contributed by atoms with van der Waals surface area (Å²) in [5, 5.41) is 10.2. The van der Waals surface area contributed by atoms with Crippen LogP contribution in [0.3, 0.4) is 0 Å². The average molecular weight is 215 g/mol. The van der Waals surface area contributed by atoms with E-state index in [2.05, 4.69) is 6.07 Å². The minimum Gasteiger partial charge on any atom is -0.477 e. The van der Waals surface area contributed by atoms with E-state index in [0.29, 0.717) is 11.7 Å². The Hall–Kier alpha value is -1.77. The number of hydrogen-bond acceptors (Lipinski definition) is 1. The monoisotopic (exact) mass is 215 g/mol. The van der Waals surface area contributed by atoms with E-state index in [1.165, 1.54) is 5.56 Å². The Labute approximate surface area is 93.3 Å². The fourth-order valence-corrected chi connectivity index (χ4v) is 2.22. The molecular formula is C13H13NO2. The van der Waals surface area contributed by atoms with E-state index in [1.54, 1.807) is 6.07 Å². The van der Waals surface area contributed by atoms with Gasteiger partial charge in [0.15, 0.2) is 0 Å². The third-order valence-corrected chi connectivity index (χ3v) is 3.13. The Morgan fingerprint density at radius 1 is 1.38 bits per heavy atom. The molecule has 0 bridgehead atoms. The van der Waals surface area contributed by atoms with Gasteiger partial charge in [0.2, 0.25) is 0 Å². The van der Waals surface area contributed by atoms with Crippen molar-refractivity contribution in [3.8, 4) is 0 Å². The first-order chi connectivity index (χ1) is 7.66. The van der Waals surface area contributed by atoms with Gasteiger partial charge in [0.05, 0.1) is 0 Å². The molecule has 1 saturated carbocycles. The van der Waals surface area contributed by atoms with E-state index in [1.807, 2.05) is 23.6 Å². The molecule has 0 atom stereocenters. The zero-order valence-corrected chi connectivity index (χ0v) is 9.10. The van der Waals surface area contributed by atoms with Crippen molar-refractivity contribution in [2.75, 3.05) is 0 Å². The van der Waals surface area contributed by atoms with Gasteiger partial charge in [-0.3, -0.25) is 0 Å². The predicted molar refractivity (Wildman–Crippen MR) is 61.9 cm³/mol. The fraction of sp³-hybridized carbons (Fsp3) is 0.308. The number of carboxylic acid groups (broad SMARTS) is 1. The summed E-state index contributed by atoms with van der Waals surface area (Å²) in [6, 6.07) is 8.25. The molecule has 0 spiro atoms.